The molecule has 110 valence electrons. The third kappa shape index (κ3) is 3.37. The summed E-state index contributed by atoms with van der Waals surface area (Å²) in [5.41, 5.74) is 2.43. The van der Waals surface area contributed by atoms with Gasteiger partial charge in [0, 0.05) is 6.04 Å². The first-order valence-corrected chi connectivity index (χ1v) is 7.53. The molecule has 1 aliphatic heterocycles. The Bertz CT molecular complexity index is 579. The fourth-order valence-electron chi connectivity index (χ4n) is 2.44. The molecule has 21 heavy (non-hydrogen) atoms. The highest BCUT2D eigenvalue weighted by Crippen LogP contribution is 2.33. The van der Waals surface area contributed by atoms with Crippen LogP contribution < -0.4 is 14.8 Å². The molecule has 1 fully saturated rings. The Hall–Kier alpha value is -2.00. The van der Waals surface area contributed by atoms with E-state index in [1.54, 1.807) is 0 Å². The van der Waals surface area contributed by atoms with Crippen LogP contribution in [0.25, 0.3) is 0 Å². The van der Waals surface area contributed by atoms with Crippen molar-refractivity contribution in [2.75, 3.05) is 13.2 Å². The second-order valence-electron chi connectivity index (χ2n) is 5.21. The van der Waals surface area contributed by atoms with Crippen molar-refractivity contribution in [1.29, 1.82) is 0 Å². The number of ether oxygens (including phenoxy) is 2. The monoisotopic (exact) mass is 283 g/mol. The molecule has 0 radical (unpaired) electrons. The lowest BCUT2D eigenvalue weighted by atomic mass is 9.98. The molecular formula is C18H21NO2. The first kappa shape index (κ1) is 14.0. The van der Waals surface area contributed by atoms with Crippen molar-refractivity contribution in [3.8, 4) is 11.5 Å². The lowest BCUT2D eigenvalue weighted by Crippen LogP contribution is -2.34. The summed E-state index contributed by atoms with van der Waals surface area (Å²) < 4.78 is 11.6. The molecule has 3 nitrogen and oxygen atoms in total. The number of nitrogens with one attached hydrogen (secondary N) is 1. The van der Waals surface area contributed by atoms with Gasteiger partial charge in [-0.1, -0.05) is 36.4 Å². The summed E-state index contributed by atoms with van der Waals surface area (Å²) in [6.07, 6.45) is 1.19. The van der Waals surface area contributed by atoms with Crippen molar-refractivity contribution in [2.45, 2.75) is 26.0 Å². The number of rotatable bonds is 6. The van der Waals surface area contributed by atoms with Crippen LogP contribution in [0.3, 0.4) is 0 Å². The summed E-state index contributed by atoms with van der Waals surface area (Å²) in [5.74, 6) is 1.64. The van der Waals surface area contributed by atoms with Crippen molar-refractivity contribution in [1.82, 2.24) is 5.32 Å². The highest BCUT2D eigenvalue weighted by molar-refractivity contribution is 5.44. The fraction of sp³-hybridized carbons (Fsp3) is 0.333. The predicted octanol–water partition coefficient (Wildman–Crippen LogP) is 3.70. The zero-order valence-corrected chi connectivity index (χ0v) is 12.3. The molecule has 1 heterocycles. The summed E-state index contributed by atoms with van der Waals surface area (Å²) in [6.45, 7) is 4.29. The van der Waals surface area contributed by atoms with E-state index in [0.29, 0.717) is 19.3 Å². The van der Waals surface area contributed by atoms with Gasteiger partial charge in [-0.05, 0) is 43.1 Å². The Morgan fingerprint density at radius 3 is 2.52 bits per heavy atom. The molecule has 1 N–H and O–H groups in total. The van der Waals surface area contributed by atoms with Crippen LogP contribution in [-0.4, -0.2) is 13.2 Å². The Morgan fingerprint density at radius 1 is 1.05 bits per heavy atom. The standard InChI is InChI=1S/C18H21NO2/c1-2-20-18-12-15(16-10-11-19-16)8-9-17(18)21-13-14-6-4-3-5-7-14/h3-9,12,16,19H,2,10-11,13H2,1H3/t16-/m1/s1. The molecule has 0 aromatic heterocycles. The van der Waals surface area contributed by atoms with Gasteiger partial charge in [-0.3, -0.25) is 0 Å². The van der Waals surface area contributed by atoms with Gasteiger partial charge in [0.25, 0.3) is 0 Å². The minimum Gasteiger partial charge on any atom is -0.490 e. The zero-order valence-electron chi connectivity index (χ0n) is 12.3. The normalized spacial score (nSPS) is 17.1. The summed E-state index contributed by atoms with van der Waals surface area (Å²) in [7, 11) is 0. The predicted molar refractivity (Wildman–Crippen MR) is 83.7 cm³/mol. The van der Waals surface area contributed by atoms with E-state index in [0.717, 1.165) is 23.6 Å². The van der Waals surface area contributed by atoms with Gasteiger partial charge in [0.1, 0.15) is 6.61 Å². The largest absolute Gasteiger partial charge is 0.490 e. The molecule has 0 bridgehead atoms. The van der Waals surface area contributed by atoms with Gasteiger partial charge in [0.15, 0.2) is 11.5 Å². The van der Waals surface area contributed by atoms with Crippen LogP contribution in [0.1, 0.15) is 30.5 Å². The van der Waals surface area contributed by atoms with Crippen LogP contribution in [0.2, 0.25) is 0 Å². The first-order chi connectivity index (χ1) is 10.4. The summed E-state index contributed by atoms with van der Waals surface area (Å²) >= 11 is 0. The second-order valence-corrected chi connectivity index (χ2v) is 5.21. The third-order valence-corrected chi connectivity index (χ3v) is 3.73. The van der Waals surface area contributed by atoms with Crippen LogP contribution in [0, 0.1) is 0 Å². The van der Waals surface area contributed by atoms with Crippen molar-refractivity contribution in [3.05, 3.63) is 59.7 Å². The maximum absolute atomic E-state index is 5.92. The molecule has 2 aromatic carbocycles. The molecule has 1 saturated heterocycles. The molecule has 0 aliphatic carbocycles. The van der Waals surface area contributed by atoms with Crippen LogP contribution in [-0.2, 0) is 6.61 Å². The topological polar surface area (TPSA) is 30.5 Å². The van der Waals surface area contributed by atoms with E-state index in [2.05, 4.69) is 29.6 Å². The van der Waals surface area contributed by atoms with Crippen LogP contribution in [0.5, 0.6) is 11.5 Å². The highest BCUT2D eigenvalue weighted by Gasteiger charge is 2.20. The maximum Gasteiger partial charge on any atom is 0.161 e. The molecule has 0 spiro atoms. The van der Waals surface area contributed by atoms with Gasteiger partial charge in [0.05, 0.1) is 6.61 Å². The van der Waals surface area contributed by atoms with E-state index < -0.39 is 0 Å². The lowest BCUT2D eigenvalue weighted by Gasteiger charge is -2.28. The van der Waals surface area contributed by atoms with E-state index in [1.807, 2.05) is 31.2 Å². The van der Waals surface area contributed by atoms with E-state index in [4.69, 9.17) is 9.47 Å². The summed E-state index contributed by atoms with van der Waals surface area (Å²) in [4.78, 5) is 0. The molecule has 0 saturated carbocycles. The average Bonchev–Trinajstić information content (AvgIpc) is 2.46. The van der Waals surface area contributed by atoms with E-state index in [-0.39, 0.29) is 0 Å². The molecule has 0 unspecified atom stereocenters. The molecule has 3 heteroatoms. The maximum atomic E-state index is 5.92. The van der Waals surface area contributed by atoms with Gasteiger partial charge in [-0.25, -0.2) is 0 Å². The molecule has 1 atom stereocenters. The number of hydrogen-bond donors (Lipinski definition) is 1. The minimum atomic E-state index is 0.465. The van der Waals surface area contributed by atoms with Gasteiger partial charge in [-0.2, -0.15) is 0 Å². The number of benzene rings is 2. The Labute approximate surface area is 125 Å². The summed E-state index contributed by atoms with van der Waals surface area (Å²) in [6, 6.07) is 16.9. The SMILES string of the molecule is CCOc1cc([C@H]2CCN2)ccc1OCc1ccccc1. The smallest absolute Gasteiger partial charge is 0.161 e. The van der Waals surface area contributed by atoms with Gasteiger partial charge in [-0.15, -0.1) is 0 Å². The van der Waals surface area contributed by atoms with Crippen LogP contribution in [0.15, 0.2) is 48.5 Å². The lowest BCUT2D eigenvalue weighted by molar-refractivity contribution is 0.268. The van der Waals surface area contributed by atoms with E-state index in [1.165, 1.54) is 12.0 Å². The highest BCUT2D eigenvalue weighted by atomic mass is 16.5. The molecule has 2 aromatic rings. The Balaban J connectivity index is 1.73. The zero-order chi connectivity index (χ0) is 14.5. The van der Waals surface area contributed by atoms with Gasteiger partial charge in [0.2, 0.25) is 0 Å². The van der Waals surface area contributed by atoms with Crippen LogP contribution in [0.4, 0.5) is 0 Å². The molecular weight excluding hydrogens is 262 g/mol. The number of hydrogen-bond acceptors (Lipinski definition) is 3. The summed E-state index contributed by atoms with van der Waals surface area (Å²) in [5, 5.41) is 3.41. The fourth-order valence-corrected chi connectivity index (χ4v) is 2.44. The Morgan fingerprint density at radius 2 is 1.86 bits per heavy atom. The van der Waals surface area contributed by atoms with E-state index >= 15 is 0 Å². The van der Waals surface area contributed by atoms with Gasteiger partial charge < -0.3 is 14.8 Å². The van der Waals surface area contributed by atoms with E-state index in [9.17, 15) is 0 Å². The average molecular weight is 283 g/mol. The quantitative estimate of drug-likeness (QED) is 0.877. The van der Waals surface area contributed by atoms with Crippen molar-refractivity contribution in [3.63, 3.8) is 0 Å². The van der Waals surface area contributed by atoms with Crippen molar-refractivity contribution >= 4 is 0 Å². The van der Waals surface area contributed by atoms with Crippen LogP contribution >= 0.6 is 0 Å². The Kier molecular flexibility index (Phi) is 4.41. The molecule has 0 amide bonds. The van der Waals surface area contributed by atoms with Gasteiger partial charge >= 0.3 is 0 Å². The first-order valence-electron chi connectivity index (χ1n) is 7.53. The second kappa shape index (κ2) is 6.64. The molecule has 1 aliphatic rings. The minimum absolute atomic E-state index is 0.465. The third-order valence-electron chi connectivity index (χ3n) is 3.73. The van der Waals surface area contributed by atoms with Crippen molar-refractivity contribution < 1.29 is 9.47 Å². The van der Waals surface area contributed by atoms with Crippen molar-refractivity contribution in [2.24, 2.45) is 0 Å². The molecule has 3 rings (SSSR count).